The Bertz CT molecular complexity index is 347. The molecule has 0 radical (unpaired) electrons. The van der Waals surface area contributed by atoms with Crippen LogP contribution in [0.1, 0.15) is 40.0 Å². The molecule has 5 nitrogen and oxygen atoms in total. The summed E-state index contributed by atoms with van der Waals surface area (Å²) in [7, 11) is 0. The predicted molar refractivity (Wildman–Crippen MR) is 57.8 cm³/mol. The van der Waals surface area contributed by atoms with Gasteiger partial charge in [0.05, 0.1) is 5.41 Å². The van der Waals surface area contributed by atoms with Crippen LogP contribution in [0.25, 0.3) is 0 Å². The van der Waals surface area contributed by atoms with Crippen LogP contribution in [-0.2, 0) is 4.79 Å². The second-order valence-electron chi connectivity index (χ2n) is 4.19. The van der Waals surface area contributed by atoms with Crippen LogP contribution in [0.3, 0.4) is 0 Å². The van der Waals surface area contributed by atoms with Gasteiger partial charge in [-0.25, -0.2) is 9.79 Å². The number of hydrogen-bond acceptors (Lipinski definition) is 3. The summed E-state index contributed by atoms with van der Waals surface area (Å²) in [6, 6.07) is -0.845. The molecule has 3 amide bonds. The van der Waals surface area contributed by atoms with Crippen molar-refractivity contribution in [3.8, 4) is 0 Å². The molecule has 1 aliphatic rings. The number of hydrogen-bond donors (Lipinski definition) is 1. The van der Waals surface area contributed by atoms with Crippen molar-refractivity contribution in [3.63, 3.8) is 0 Å². The summed E-state index contributed by atoms with van der Waals surface area (Å²) < 4.78 is 0. The Morgan fingerprint density at radius 2 is 1.89 bits per heavy atom. The molecule has 0 saturated heterocycles. The zero-order valence-corrected chi connectivity index (χ0v) is 15.9. The van der Waals surface area contributed by atoms with E-state index >= 15 is 0 Å². The molecule has 18 heavy (non-hydrogen) atoms. The van der Waals surface area contributed by atoms with Gasteiger partial charge in [0.25, 0.3) is 0 Å². The van der Waals surface area contributed by atoms with Crippen molar-refractivity contribution in [2.75, 3.05) is 0 Å². The number of nitrogens with one attached hydrogen (secondary N) is 1. The fraction of sp³-hybridized carbons (Fsp3) is 0.727. The molecule has 90 valence electrons. The molecule has 0 aliphatic carbocycles. The topological polar surface area (TPSA) is 81.6 Å². The van der Waals surface area contributed by atoms with Crippen molar-refractivity contribution < 1.29 is 73.8 Å². The number of imide groups is 1. The van der Waals surface area contributed by atoms with Crippen LogP contribution >= 0.6 is 0 Å². The minimum Gasteiger partial charge on any atom is -0.861 e. The molecule has 0 aromatic rings. The Kier molecular flexibility index (Phi) is 10.1. The van der Waals surface area contributed by atoms with E-state index in [0.29, 0.717) is 6.42 Å². The molecule has 7 heteroatoms. The molecular formula is C11H17N2Na2O3+. The number of carbonyl (C=O) groups is 2. The fourth-order valence-electron chi connectivity index (χ4n) is 2.30. The molecule has 1 aliphatic heterocycles. The summed E-state index contributed by atoms with van der Waals surface area (Å²) in [5.74, 6) is -1.20. The van der Waals surface area contributed by atoms with Gasteiger partial charge in [-0.1, -0.05) is 27.2 Å². The second kappa shape index (κ2) is 8.72. The van der Waals surface area contributed by atoms with E-state index in [-0.39, 0.29) is 65.0 Å². The van der Waals surface area contributed by atoms with Crippen LogP contribution < -0.4 is 69.5 Å². The van der Waals surface area contributed by atoms with Crippen molar-refractivity contribution in [1.29, 1.82) is 0 Å². The Morgan fingerprint density at radius 3 is 2.28 bits per heavy atom. The molecule has 2 unspecified atom stereocenters. The quantitative estimate of drug-likeness (QED) is 0.519. The molecule has 1 rings (SSSR count). The van der Waals surface area contributed by atoms with Gasteiger partial charge in [0.1, 0.15) is 0 Å². The van der Waals surface area contributed by atoms with Crippen molar-refractivity contribution >= 4 is 17.8 Å². The van der Waals surface area contributed by atoms with E-state index in [1.807, 2.05) is 13.8 Å². The van der Waals surface area contributed by atoms with Gasteiger partial charge in [0, 0.05) is 0 Å². The van der Waals surface area contributed by atoms with Gasteiger partial charge in [-0.3, -0.25) is 10.1 Å². The number of nitrogens with zero attached hydrogens (tertiary/aromatic N) is 1. The van der Waals surface area contributed by atoms with E-state index < -0.39 is 23.3 Å². The summed E-state index contributed by atoms with van der Waals surface area (Å²) in [4.78, 5) is 26.2. The minimum atomic E-state index is -1.15. The number of rotatable bonds is 4. The Balaban J connectivity index is 0. The number of urea groups is 1. The average molecular weight is 271 g/mol. The molecule has 1 heterocycles. The van der Waals surface area contributed by atoms with Gasteiger partial charge in [0.15, 0.2) is 0 Å². The molecule has 1 N–H and O–H groups in total. The second-order valence-corrected chi connectivity index (χ2v) is 4.19. The van der Waals surface area contributed by atoms with Crippen LogP contribution in [0.4, 0.5) is 4.79 Å². The van der Waals surface area contributed by atoms with Gasteiger partial charge in [-0.2, -0.15) is 0 Å². The number of amides is 3. The number of carbonyl (C=O) groups excluding carboxylic acids is 2. The maximum Gasteiger partial charge on any atom is 1.00 e. The van der Waals surface area contributed by atoms with Gasteiger partial charge >= 0.3 is 65.1 Å². The van der Waals surface area contributed by atoms with Crippen molar-refractivity contribution in [2.45, 2.75) is 40.0 Å². The maximum absolute atomic E-state index is 11.9. The largest absolute Gasteiger partial charge is 1.00 e. The van der Waals surface area contributed by atoms with E-state index in [4.69, 9.17) is 0 Å². The van der Waals surface area contributed by atoms with Crippen LogP contribution in [0.5, 0.6) is 0 Å². The zero-order valence-electron chi connectivity index (χ0n) is 11.9. The summed E-state index contributed by atoms with van der Waals surface area (Å²) in [5.41, 5.74) is -1.15. The Hall–Kier alpha value is 0.610. The smallest absolute Gasteiger partial charge is 0.861 e. The summed E-state index contributed by atoms with van der Waals surface area (Å²) in [5, 5.41) is 14.0. The average Bonchev–Trinajstić information content (AvgIpc) is 2.18. The van der Waals surface area contributed by atoms with E-state index in [9.17, 15) is 14.7 Å². The third-order valence-electron chi connectivity index (χ3n) is 3.33. The molecule has 2 atom stereocenters. The Labute approximate surface area is 152 Å². The van der Waals surface area contributed by atoms with Gasteiger partial charge in [-0.15, -0.1) is 0 Å². The van der Waals surface area contributed by atoms with E-state index in [0.717, 1.165) is 12.8 Å². The standard InChI is InChI=1S/C11H18N2O3.2Na/c1-4-6-7(3)11(5-2)8(14)12-10(16)13-9(11)15;;/h7H,4-6H2,1-3H3,(H2,12,13,14,15,16);;/q;2*+1/p-1. The molecular weight excluding hydrogens is 254 g/mol. The predicted octanol–water partition coefficient (Wildman–Crippen LogP) is -5.16. The first-order valence-corrected chi connectivity index (χ1v) is 5.60. The molecule has 0 aromatic heterocycles. The molecule has 0 bridgehead atoms. The zero-order chi connectivity index (χ0) is 12.3. The molecule has 0 saturated carbocycles. The van der Waals surface area contributed by atoms with Crippen LogP contribution in [0.2, 0.25) is 0 Å². The fourth-order valence-corrected chi connectivity index (χ4v) is 2.30. The van der Waals surface area contributed by atoms with E-state index in [1.165, 1.54) is 0 Å². The van der Waals surface area contributed by atoms with Crippen LogP contribution in [-0.4, -0.2) is 17.8 Å². The maximum atomic E-state index is 11.9. The van der Waals surface area contributed by atoms with Gasteiger partial charge < -0.3 is 5.11 Å². The van der Waals surface area contributed by atoms with Crippen LogP contribution in [0, 0.1) is 11.3 Å². The van der Waals surface area contributed by atoms with Crippen LogP contribution in [0.15, 0.2) is 4.99 Å². The SMILES string of the molecule is CCCC(C)C1(CC)C(=O)NC(=O)N=C1[O-].[Na+].[Na+]. The molecule has 0 aromatic carbocycles. The van der Waals surface area contributed by atoms with Crippen molar-refractivity contribution in [3.05, 3.63) is 0 Å². The Morgan fingerprint density at radius 1 is 1.33 bits per heavy atom. The monoisotopic (exact) mass is 271 g/mol. The first-order valence-electron chi connectivity index (χ1n) is 5.60. The number of aliphatic imine (C=N–C) groups is 1. The van der Waals surface area contributed by atoms with Crippen molar-refractivity contribution in [2.24, 2.45) is 16.3 Å². The third kappa shape index (κ3) is 3.81. The summed E-state index contributed by atoms with van der Waals surface area (Å²) in [6.45, 7) is 5.62. The van der Waals surface area contributed by atoms with Gasteiger partial charge in [0.2, 0.25) is 5.91 Å². The first-order chi connectivity index (χ1) is 7.48. The summed E-state index contributed by atoms with van der Waals surface area (Å²) in [6.07, 6.45) is 2.02. The van der Waals surface area contributed by atoms with Crippen molar-refractivity contribution in [1.82, 2.24) is 5.32 Å². The van der Waals surface area contributed by atoms with E-state index in [2.05, 4.69) is 10.3 Å². The summed E-state index contributed by atoms with van der Waals surface area (Å²) >= 11 is 0. The normalized spacial score (nSPS) is 24.3. The minimum absolute atomic E-state index is 0. The third-order valence-corrected chi connectivity index (χ3v) is 3.33. The molecule has 0 spiro atoms. The van der Waals surface area contributed by atoms with E-state index in [1.54, 1.807) is 6.92 Å². The van der Waals surface area contributed by atoms with Gasteiger partial charge in [-0.05, 0) is 24.7 Å². The first kappa shape index (κ1) is 20.9. The molecule has 0 fully saturated rings.